The van der Waals surface area contributed by atoms with E-state index in [1.54, 1.807) is 12.1 Å². The minimum absolute atomic E-state index is 0.0000300. The Hall–Kier alpha value is -1.95. The summed E-state index contributed by atoms with van der Waals surface area (Å²) in [5.41, 5.74) is 0.619. The van der Waals surface area contributed by atoms with E-state index >= 15 is 0 Å². The van der Waals surface area contributed by atoms with Gasteiger partial charge in [0.2, 0.25) is 0 Å². The van der Waals surface area contributed by atoms with Crippen molar-refractivity contribution >= 4 is 11.6 Å². The van der Waals surface area contributed by atoms with Crippen molar-refractivity contribution in [2.75, 3.05) is 13.1 Å². The van der Waals surface area contributed by atoms with Crippen molar-refractivity contribution in [3.05, 3.63) is 39.4 Å². The number of carbonyl (C=O) groups excluding carboxylic acids is 1. The molecule has 0 aliphatic carbocycles. The molecule has 1 aromatic rings. The van der Waals surface area contributed by atoms with Gasteiger partial charge >= 0.3 is 0 Å². The first-order valence-corrected chi connectivity index (χ1v) is 8.00. The summed E-state index contributed by atoms with van der Waals surface area (Å²) in [5.74, 6) is 0.137. The smallest absolute Gasteiger partial charge is 0.273 e. The Morgan fingerprint density at radius 1 is 1.39 bits per heavy atom. The Labute approximate surface area is 136 Å². The van der Waals surface area contributed by atoms with Gasteiger partial charge in [-0.3, -0.25) is 14.9 Å². The number of carbonyl (C=O) groups is 1. The lowest BCUT2D eigenvalue weighted by Gasteiger charge is -2.30. The SMILES string of the molecule is CC1CCNCC1NC(=O)c1ccc(C(C)(C)C)c([N+](=O)[O-])c1. The van der Waals surface area contributed by atoms with Crippen molar-refractivity contribution in [1.29, 1.82) is 0 Å². The average molecular weight is 319 g/mol. The third-order valence-corrected chi connectivity index (χ3v) is 4.41. The summed E-state index contributed by atoms with van der Waals surface area (Å²) in [6.07, 6.45) is 1.01. The minimum Gasteiger partial charge on any atom is -0.348 e. The van der Waals surface area contributed by atoms with Crippen molar-refractivity contribution in [2.45, 2.75) is 45.6 Å². The molecule has 6 nitrogen and oxygen atoms in total. The highest BCUT2D eigenvalue weighted by Gasteiger charge is 2.27. The fourth-order valence-corrected chi connectivity index (χ4v) is 2.89. The summed E-state index contributed by atoms with van der Waals surface area (Å²) in [5, 5.41) is 17.6. The average Bonchev–Trinajstić information content (AvgIpc) is 2.48. The fraction of sp³-hybridized carbons (Fsp3) is 0.588. The van der Waals surface area contributed by atoms with Crippen LogP contribution in [-0.4, -0.2) is 30.0 Å². The van der Waals surface area contributed by atoms with Gasteiger partial charge in [-0.05, 0) is 30.4 Å². The second-order valence-electron chi connectivity index (χ2n) is 7.29. The first-order valence-electron chi connectivity index (χ1n) is 8.00. The fourth-order valence-electron chi connectivity index (χ4n) is 2.89. The third kappa shape index (κ3) is 4.07. The Morgan fingerprint density at radius 2 is 2.09 bits per heavy atom. The van der Waals surface area contributed by atoms with Gasteiger partial charge in [0.15, 0.2) is 0 Å². The van der Waals surface area contributed by atoms with Gasteiger partial charge in [0, 0.05) is 29.8 Å². The molecule has 0 bridgehead atoms. The molecule has 0 radical (unpaired) electrons. The molecule has 2 unspecified atom stereocenters. The van der Waals surface area contributed by atoms with Crippen LogP contribution < -0.4 is 10.6 Å². The van der Waals surface area contributed by atoms with Gasteiger partial charge in [-0.25, -0.2) is 0 Å². The Kier molecular flexibility index (Phi) is 5.04. The number of nitrogens with one attached hydrogen (secondary N) is 2. The van der Waals surface area contributed by atoms with E-state index in [1.165, 1.54) is 6.07 Å². The Bertz CT molecular complexity index is 608. The van der Waals surface area contributed by atoms with Gasteiger partial charge in [0.25, 0.3) is 11.6 Å². The van der Waals surface area contributed by atoms with Gasteiger partial charge in [-0.2, -0.15) is 0 Å². The molecule has 2 rings (SSSR count). The predicted molar refractivity (Wildman–Crippen MR) is 89.7 cm³/mol. The van der Waals surface area contributed by atoms with E-state index < -0.39 is 4.92 Å². The van der Waals surface area contributed by atoms with E-state index in [0.717, 1.165) is 19.5 Å². The minimum atomic E-state index is -0.415. The molecule has 2 atom stereocenters. The molecule has 126 valence electrons. The molecule has 0 aromatic heterocycles. The van der Waals surface area contributed by atoms with Gasteiger partial charge in [0.05, 0.1) is 4.92 Å². The highest BCUT2D eigenvalue weighted by atomic mass is 16.6. The van der Waals surface area contributed by atoms with Crippen LogP contribution in [0.2, 0.25) is 0 Å². The number of hydrogen-bond acceptors (Lipinski definition) is 4. The molecule has 1 aromatic carbocycles. The number of amides is 1. The molecule has 0 saturated carbocycles. The maximum absolute atomic E-state index is 12.4. The number of rotatable bonds is 3. The van der Waals surface area contributed by atoms with Crippen LogP contribution in [0.3, 0.4) is 0 Å². The van der Waals surface area contributed by atoms with Gasteiger partial charge in [-0.1, -0.05) is 33.8 Å². The van der Waals surface area contributed by atoms with Crippen LogP contribution in [-0.2, 0) is 5.41 Å². The first-order chi connectivity index (χ1) is 10.7. The van der Waals surface area contributed by atoms with Crippen molar-refractivity contribution in [2.24, 2.45) is 5.92 Å². The summed E-state index contributed by atoms with van der Waals surface area (Å²) in [7, 11) is 0. The molecule has 23 heavy (non-hydrogen) atoms. The van der Waals surface area contributed by atoms with Crippen molar-refractivity contribution < 1.29 is 9.72 Å². The molecule has 1 saturated heterocycles. The van der Waals surface area contributed by atoms with E-state index in [0.29, 0.717) is 17.0 Å². The van der Waals surface area contributed by atoms with Gasteiger partial charge in [0.1, 0.15) is 0 Å². The molecular formula is C17H25N3O3. The highest BCUT2D eigenvalue weighted by Crippen LogP contribution is 2.31. The molecule has 1 amide bonds. The normalized spacial score (nSPS) is 21.7. The largest absolute Gasteiger partial charge is 0.348 e. The predicted octanol–water partition coefficient (Wildman–Crippen LogP) is 2.62. The van der Waals surface area contributed by atoms with Crippen LogP contribution in [0.5, 0.6) is 0 Å². The van der Waals surface area contributed by atoms with E-state index in [-0.39, 0.29) is 23.1 Å². The van der Waals surface area contributed by atoms with Crippen LogP contribution in [0.15, 0.2) is 18.2 Å². The summed E-state index contributed by atoms with van der Waals surface area (Å²) < 4.78 is 0. The maximum Gasteiger partial charge on any atom is 0.273 e. The molecule has 1 aliphatic heterocycles. The Morgan fingerprint density at radius 3 is 2.65 bits per heavy atom. The van der Waals surface area contributed by atoms with E-state index in [1.807, 2.05) is 20.8 Å². The number of nitro groups is 1. The number of piperidine rings is 1. The molecule has 1 aliphatic rings. The number of benzene rings is 1. The first kappa shape index (κ1) is 17.4. The zero-order chi connectivity index (χ0) is 17.2. The maximum atomic E-state index is 12.4. The molecule has 6 heteroatoms. The number of hydrogen-bond donors (Lipinski definition) is 2. The third-order valence-electron chi connectivity index (χ3n) is 4.41. The Balaban J connectivity index is 2.24. The molecular weight excluding hydrogens is 294 g/mol. The summed E-state index contributed by atoms with van der Waals surface area (Å²) in [6.45, 7) is 9.56. The lowest BCUT2D eigenvalue weighted by molar-refractivity contribution is -0.386. The van der Waals surface area contributed by atoms with Crippen LogP contribution in [0, 0.1) is 16.0 Å². The molecule has 2 N–H and O–H groups in total. The number of nitro benzene ring substituents is 1. The van der Waals surface area contributed by atoms with Crippen molar-refractivity contribution in [1.82, 2.24) is 10.6 Å². The summed E-state index contributed by atoms with van der Waals surface area (Å²) >= 11 is 0. The zero-order valence-electron chi connectivity index (χ0n) is 14.2. The second kappa shape index (κ2) is 6.66. The van der Waals surface area contributed by atoms with Crippen molar-refractivity contribution in [3.63, 3.8) is 0 Å². The van der Waals surface area contributed by atoms with Gasteiger partial charge in [-0.15, -0.1) is 0 Å². The quantitative estimate of drug-likeness (QED) is 0.662. The van der Waals surface area contributed by atoms with Crippen molar-refractivity contribution in [3.8, 4) is 0 Å². The second-order valence-corrected chi connectivity index (χ2v) is 7.29. The lowest BCUT2D eigenvalue weighted by Crippen LogP contribution is -2.50. The van der Waals surface area contributed by atoms with Crippen LogP contribution >= 0.6 is 0 Å². The number of nitrogens with zero attached hydrogens (tertiary/aromatic N) is 1. The zero-order valence-corrected chi connectivity index (χ0v) is 14.2. The monoisotopic (exact) mass is 319 g/mol. The topological polar surface area (TPSA) is 84.3 Å². The molecule has 1 heterocycles. The summed E-state index contributed by atoms with van der Waals surface area (Å²) in [4.78, 5) is 23.4. The van der Waals surface area contributed by atoms with Gasteiger partial charge < -0.3 is 10.6 Å². The van der Waals surface area contributed by atoms with Crippen LogP contribution in [0.25, 0.3) is 0 Å². The highest BCUT2D eigenvalue weighted by molar-refractivity contribution is 5.95. The van der Waals surface area contributed by atoms with E-state index in [4.69, 9.17) is 0 Å². The van der Waals surface area contributed by atoms with E-state index in [2.05, 4.69) is 17.6 Å². The van der Waals surface area contributed by atoms with Crippen LogP contribution in [0.1, 0.15) is 50.0 Å². The van der Waals surface area contributed by atoms with E-state index in [9.17, 15) is 14.9 Å². The molecule has 1 fully saturated rings. The lowest BCUT2D eigenvalue weighted by atomic mass is 9.85. The molecule has 0 spiro atoms. The summed E-state index contributed by atoms with van der Waals surface area (Å²) in [6, 6.07) is 4.80. The standard InChI is InChI=1S/C17H25N3O3/c1-11-7-8-18-10-14(11)19-16(21)12-5-6-13(17(2,3)4)15(9-12)20(22)23/h5-6,9,11,14,18H,7-8,10H2,1-4H3,(H,19,21). The van der Waals surface area contributed by atoms with Crippen LogP contribution in [0.4, 0.5) is 5.69 Å².